The fourth-order valence-corrected chi connectivity index (χ4v) is 2.44. The minimum Gasteiger partial charge on any atom is -0.546 e. The molecule has 8 nitrogen and oxygen atoms in total. The minimum absolute atomic E-state index is 0.175. The van der Waals surface area contributed by atoms with Crippen molar-refractivity contribution in [3.63, 3.8) is 0 Å². The molecule has 1 fully saturated rings. The van der Waals surface area contributed by atoms with Crippen LogP contribution in [0.15, 0.2) is 6.07 Å². The highest BCUT2D eigenvalue weighted by atomic mass is 19.4. The maximum atomic E-state index is 13.1. The molecule has 0 atom stereocenters. The molecule has 2 rings (SSSR count). The molecule has 3 N–H and O–H groups in total. The Labute approximate surface area is 147 Å². The lowest BCUT2D eigenvalue weighted by Gasteiger charge is -2.22. The van der Waals surface area contributed by atoms with Crippen LogP contribution in [0.5, 0.6) is 0 Å². The van der Waals surface area contributed by atoms with Crippen LogP contribution < -0.4 is 0 Å². The number of nitrogens with zero attached hydrogens (tertiary/aromatic N) is 4. The van der Waals surface area contributed by atoms with Gasteiger partial charge >= 0.3 is 18.3 Å². The number of halogens is 3. The monoisotopic (exact) mass is 374 g/mol. The predicted molar refractivity (Wildman–Crippen MR) is 85.0 cm³/mol. The highest BCUT2D eigenvalue weighted by Crippen LogP contribution is 2.29. The van der Waals surface area contributed by atoms with E-state index in [1.54, 1.807) is 13.8 Å². The molecule has 0 saturated carbocycles. The molecule has 1 aliphatic rings. The number of hydrogen-bond donors (Lipinski definition) is 1. The van der Waals surface area contributed by atoms with E-state index >= 15 is 0 Å². The molecule has 1 aromatic heterocycles. The third-order valence-electron chi connectivity index (χ3n) is 3.79. The quantitative estimate of drug-likeness (QED) is 0.486. The maximum Gasteiger partial charge on any atom is 0.643 e. The summed E-state index contributed by atoms with van der Waals surface area (Å²) in [5, 5.41) is 15.3. The number of alkyl halides is 3. The smallest absolute Gasteiger partial charge is 0.546 e. The van der Waals surface area contributed by atoms with Crippen LogP contribution in [-0.2, 0) is 6.18 Å². The van der Waals surface area contributed by atoms with Gasteiger partial charge in [-0.05, 0) is 18.9 Å². The number of nitrogens with one attached hydrogen (secondary N) is 1. The second-order valence-corrected chi connectivity index (χ2v) is 6.11. The van der Waals surface area contributed by atoms with Crippen LogP contribution in [-0.4, -0.2) is 55.9 Å². The van der Waals surface area contributed by atoms with Crippen molar-refractivity contribution in [2.24, 2.45) is 0 Å². The van der Waals surface area contributed by atoms with Gasteiger partial charge in [0.25, 0.3) is 0 Å². The largest absolute Gasteiger partial charge is 0.643 e. The van der Waals surface area contributed by atoms with Gasteiger partial charge in [0.15, 0.2) is 5.84 Å². The SMILES string of the molecule is CC(C)c1nc(C(=N)N(C(=O)[OH2+])C(=O)N2CCCC2)cc(C(F)(F)F)n1. The first kappa shape index (κ1) is 19.6. The molecule has 11 heteroatoms. The fraction of sp³-hybridized carbons (Fsp3) is 0.533. The summed E-state index contributed by atoms with van der Waals surface area (Å²) in [6, 6.07) is -0.410. The molecule has 3 amide bonds. The second kappa shape index (κ2) is 7.26. The van der Waals surface area contributed by atoms with E-state index < -0.39 is 41.4 Å². The highest BCUT2D eigenvalue weighted by Gasteiger charge is 2.39. The van der Waals surface area contributed by atoms with Crippen molar-refractivity contribution in [3.05, 3.63) is 23.3 Å². The number of imide groups is 1. The van der Waals surface area contributed by atoms with E-state index in [-0.39, 0.29) is 10.7 Å². The van der Waals surface area contributed by atoms with Crippen LogP contribution in [0.4, 0.5) is 22.8 Å². The van der Waals surface area contributed by atoms with Crippen molar-refractivity contribution in [1.29, 1.82) is 5.41 Å². The van der Waals surface area contributed by atoms with Crippen LogP contribution in [0.3, 0.4) is 0 Å². The number of aromatic nitrogens is 2. The van der Waals surface area contributed by atoms with Crippen LogP contribution in [0.25, 0.3) is 0 Å². The molecule has 0 spiro atoms. The number of carbonyl (C=O) groups is 2. The number of hydrogen-bond acceptors (Lipinski definition) is 5. The summed E-state index contributed by atoms with van der Waals surface area (Å²) in [6.45, 7) is 3.85. The second-order valence-electron chi connectivity index (χ2n) is 6.11. The van der Waals surface area contributed by atoms with Gasteiger partial charge in [-0.15, -0.1) is 4.90 Å². The molecule has 142 valence electrons. The lowest BCUT2D eigenvalue weighted by Crippen LogP contribution is -2.48. The molecule has 1 saturated heterocycles. The fourth-order valence-electron chi connectivity index (χ4n) is 2.44. The van der Waals surface area contributed by atoms with Gasteiger partial charge in [-0.2, -0.15) is 13.2 Å². The Morgan fingerprint density at radius 2 is 1.85 bits per heavy atom. The van der Waals surface area contributed by atoms with Gasteiger partial charge in [0, 0.05) is 19.0 Å². The summed E-state index contributed by atoms with van der Waals surface area (Å²) >= 11 is 0. The minimum atomic E-state index is -4.78. The average molecular weight is 374 g/mol. The summed E-state index contributed by atoms with van der Waals surface area (Å²) in [5.74, 6) is -1.53. The summed E-state index contributed by atoms with van der Waals surface area (Å²) in [4.78, 5) is 32.8. The topological polar surface area (TPSA) is 113 Å². The Kier molecular flexibility index (Phi) is 5.47. The number of amides is 3. The zero-order valence-corrected chi connectivity index (χ0v) is 14.2. The lowest BCUT2D eigenvalue weighted by atomic mass is 10.2. The molecule has 1 aliphatic heterocycles. The van der Waals surface area contributed by atoms with E-state index in [9.17, 15) is 22.8 Å². The molecule has 0 unspecified atom stereocenters. The summed E-state index contributed by atoms with van der Waals surface area (Å²) in [5.41, 5.74) is -1.81. The number of carbonyl (C=O) groups excluding carboxylic acids is 2. The van der Waals surface area contributed by atoms with E-state index in [0.717, 1.165) is 0 Å². The summed E-state index contributed by atoms with van der Waals surface area (Å²) in [7, 11) is 0. The van der Waals surface area contributed by atoms with Gasteiger partial charge < -0.3 is 10.0 Å². The van der Waals surface area contributed by atoms with Gasteiger partial charge in [0.05, 0.1) is 4.79 Å². The lowest BCUT2D eigenvalue weighted by molar-refractivity contribution is -0.141. The molecule has 0 aromatic carbocycles. The van der Waals surface area contributed by atoms with Gasteiger partial charge in [-0.1, -0.05) is 13.8 Å². The van der Waals surface area contributed by atoms with Crippen molar-refractivity contribution in [2.45, 2.75) is 38.8 Å². The predicted octanol–water partition coefficient (Wildman–Crippen LogP) is 2.31. The van der Waals surface area contributed by atoms with E-state index in [0.29, 0.717) is 32.0 Å². The molecular weight excluding hydrogens is 355 g/mol. The van der Waals surface area contributed by atoms with Crippen molar-refractivity contribution in [1.82, 2.24) is 19.8 Å². The average Bonchev–Trinajstić information content (AvgIpc) is 3.07. The van der Waals surface area contributed by atoms with E-state index in [4.69, 9.17) is 10.5 Å². The molecule has 0 aliphatic carbocycles. The van der Waals surface area contributed by atoms with Gasteiger partial charge in [0.2, 0.25) is 0 Å². The van der Waals surface area contributed by atoms with Crippen LogP contribution in [0.1, 0.15) is 49.8 Å². The van der Waals surface area contributed by atoms with Crippen molar-refractivity contribution in [2.75, 3.05) is 13.1 Å². The number of rotatable bonds is 2. The maximum absolute atomic E-state index is 13.1. The van der Waals surface area contributed by atoms with Gasteiger partial charge in [-0.25, -0.2) is 14.8 Å². The molecule has 1 aromatic rings. The summed E-state index contributed by atoms with van der Waals surface area (Å²) in [6.07, 6.45) is -4.87. The van der Waals surface area contributed by atoms with Gasteiger partial charge in [0.1, 0.15) is 17.2 Å². The third-order valence-corrected chi connectivity index (χ3v) is 3.79. The Balaban J connectivity index is 2.46. The van der Waals surface area contributed by atoms with Crippen molar-refractivity contribution < 1.29 is 27.9 Å². The first-order valence-corrected chi connectivity index (χ1v) is 7.92. The summed E-state index contributed by atoms with van der Waals surface area (Å²) < 4.78 is 39.3. The third kappa shape index (κ3) is 4.09. The Hall–Kier alpha value is -2.72. The normalized spacial score (nSPS) is 14.6. The van der Waals surface area contributed by atoms with Crippen LogP contribution >= 0.6 is 0 Å². The van der Waals surface area contributed by atoms with Crippen molar-refractivity contribution >= 4 is 18.0 Å². The number of amidine groups is 1. The van der Waals surface area contributed by atoms with E-state index in [1.165, 1.54) is 4.90 Å². The molecule has 26 heavy (non-hydrogen) atoms. The first-order valence-electron chi connectivity index (χ1n) is 7.92. The van der Waals surface area contributed by atoms with Gasteiger partial charge in [-0.3, -0.25) is 5.41 Å². The Morgan fingerprint density at radius 3 is 2.31 bits per heavy atom. The molecular formula is C15H19F3N5O3+. The standard InChI is InChI=1S/C15H18F3N5O3/c1-8(2)12-20-9(7-10(21-12)15(16,17)18)11(19)23(14(25)26)13(24)22-5-3-4-6-22/h7-8,19H,3-6H2,1-2H3,(H,25,26)/p+1. The Morgan fingerprint density at radius 1 is 1.27 bits per heavy atom. The van der Waals surface area contributed by atoms with Crippen molar-refractivity contribution in [3.8, 4) is 0 Å². The molecule has 2 heterocycles. The zero-order valence-electron chi connectivity index (χ0n) is 14.2. The Bertz CT molecular complexity index is 730. The zero-order chi connectivity index (χ0) is 19.6. The first-order chi connectivity index (χ1) is 12.0. The molecule has 0 bridgehead atoms. The number of urea groups is 1. The van der Waals surface area contributed by atoms with Crippen LogP contribution in [0, 0.1) is 5.41 Å². The van der Waals surface area contributed by atoms with E-state index in [2.05, 4.69) is 9.97 Å². The molecule has 0 radical (unpaired) electrons. The van der Waals surface area contributed by atoms with E-state index in [1.807, 2.05) is 0 Å². The number of likely N-dealkylation sites (tertiary alicyclic amines) is 1. The van der Waals surface area contributed by atoms with Crippen LogP contribution in [0.2, 0.25) is 0 Å². The highest BCUT2D eigenvalue weighted by molar-refractivity contribution is 6.14.